The number of nitrogens with one attached hydrogen (secondary N) is 2. The van der Waals surface area contributed by atoms with Crippen molar-refractivity contribution in [2.24, 2.45) is 16.5 Å². The monoisotopic (exact) mass is 345 g/mol. The number of aryl methyl sites for hydroxylation is 1. The molecule has 0 bridgehead atoms. The minimum absolute atomic E-state index is 0.169. The molecule has 0 aromatic heterocycles. The number of hydrogen-bond donors (Lipinski definition) is 4. The molecule has 1 fully saturated rings. The Labute approximate surface area is 146 Å². The standard InChI is InChI=1S/C17H23N5O3/c1-10-8-12(25-11-4-6-20-7-5-11)2-3-13(10)17(16(19)24)14(15(18)23)21-9-22-17/h2-3,8-9,11,14,20H,4-7H2,1H3,(H2,18,23)(H2,19,24)(H,21,22). The molecule has 0 spiro atoms. The van der Waals surface area contributed by atoms with Gasteiger partial charge in [-0.05, 0) is 56.1 Å². The Kier molecular flexibility index (Phi) is 4.63. The zero-order valence-corrected chi connectivity index (χ0v) is 14.1. The molecule has 2 aliphatic heterocycles. The lowest BCUT2D eigenvalue weighted by Gasteiger charge is -2.32. The summed E-state index contributed by atoms with van der Waals surface area (Å²) in [7, 11) is 0. The van der Waals surface area contributed by atoms with Crippen molar-refractivity contribution in [2.75, 3.05) is 13.1 Å². The van der Waals surface area contributed by atoms with Crippen LogP contribution in [0.3, 0.4) is 0 Å². The number of amides is 2. The molecular weight excluding hydrogens is 322 g/mol. The van der Waals surface area contributed by atoms with Gasteiger partial charge in [0, 0.05) is 0 Å². The molecule has 2 heterocycles. The number of hydrogen-bond acceptors (Lipinski definition) is 6. The molecule has 2 amide bonds. The summed E-state index contributed by atoms with van der Waals surface area (Å²) in [6.07, 6.45) is 3.37. The zero-order chi connectivity index (χ0) is 18.0. The highest BCUT2D eigenvalue weighted by molar-refractivity contribution is 6.00. The average molecular weight is 345 g/mol. The van der Waals surface area contributed by atoms with Crippen LogP contribution in [0.4, 0.5) is 0 Å². The third-order valence-electron chi connectivity index (χ3n) is 4.80. The summed E-state index contributed by atoms with van der Waals surface area (Å²) in [5, 5.41) is 6.14. The number of carbonyl (C=O) groups is 2. The predicted octanol–water partition coefficient (Wildman–Crippen LogP) is -0.708. The van der Waals surface area contributed by atoms with Crippen molar-refractivity contribution in [2.45, 2.75) is 37.5 Å². The van der Waals surface area contributed by atoms with Crippen molar-refractivity contribution in [3.8, 4) is 5.75 Å². The predicted molar refractivity (Wildman–Crippen MR) is 93.2 cm³/mol. The molecule has 134 valence electrons. The molecule has 8 heteroatoms. The van der Waals surface area contributed by atoms with Gasteiger partial charge in [-0.25, -0.2) is 0 Å². The van der Waals surface area contributed by atoms with Crippen LogP contribution < -0.4 is 26.8 Å². The van der Waals surface area contributed by atoms with Crippen LogP contribution in [-0.2, 0) is 15.1 Å². The quantitative estimate of drug-likeness (QED) is 0.560. The molecule has 6 N–H and O–H groups in total. The van der Waals surface area contributed by atoms with Crippen LogP contribution in [0.15, 0.2) is 23.2 Å². The highest BCUT2D eigenvalue weighted by Crippen LogP contribution is 2.34. The van der Waals surface area contributed by atoms with Gasteiger partial charge in [-0.1, -0.05) is 6.07 Å². The summed E-state index contributed by atoms with van der Waals surface area (Å²) in [6, 6.07) is 4.29. The highest BCUT2D eigenvalue weighted by atomic mass is 16.5. The number of rotatable bonds is 5. The zero-order valence-electron chi connectivity index (χ0n) is 14.1. The Balaban J connectivity index is 1.90. The molecule has 0 saturated carbocycles. The SMILES string of the molecule is Cc1cc(OC2CCNCC2)ccc1C1(C(N)=O)NC=NC1C(N)=O. The molecule has 2 atom stereocenters. The van der Waals surface area contributed by atoms with Gasteiger partial charge < -0.3 is 26.8 Å². The van der Waals surface area contributed by atoms with Gasteiger partial charge in [-0.15, -0.1) is 0 Å². The highest BCUT2D eigenvalue weighted by Gasteiger charge is 2.52. The van der Waals surface area contributed by atoms with E-state index in [0.29, 0.717) is 5.56 Å². The Morgan fingerprint density at radius 2 is 2.00 bits per heavy atom. The van der Waals surface area contributed by atoms with Gasteiger partial charge in [0.15, 0.2) is 11.6 Å². The Morgan fingerprint density at radius 1 is 1.28 bits per heavy atom. The molecule has 1 aromatic carbocycles. The van der Waals surface area contributed by atoms with E-state index in [2.05, 4.69) is 15.6 Å². The summed E-state index contributed by atoms with van der Waals surface area (Å²) in [5.41, 5.74) is 10.9. The molecule has 0 radical (unpaired) electrons. The fourth-order valence-corrected chi connectivity index (χ4v) is 3.51. The number of ether oxygens (including phenoxy) is 1. The lowest BCUT2D eigenvalue weighted by atomic mass is 9.80. The van der Waals surface area contributed by atoms with Crippen LogP contribution in [0.25, 0.3) is 0 Å². The van der Waals surface area contributed by atoms with Crippen molar-refractivity contribution in [3.05, 3.63) is 29.3 Å². The maximum Gasteiger partial charge on any atom is 0.250 e. The fourth-order valence-electron chi connectivity index (χ4n) is 3.51. The molecule has 2 unspecified atom stereocenters. The van der Waals surface area contributed by atoms with Gasteiger partial charge in [0.2, 0.25) is 5.91 Å². The summed E-state index contributed by atoms with van der Waals surface area (Å²) >= 11 is 0. The second-order valence-corrected chi connectivity index (χ2v) is 6.44. The molecule has 25 heavy (non-hydrogen) atoms. The molecular formula is C17H23N5O3. The van der Waals surface area contributed by atoms with Crippen molar-refractivity contribution >= 4 is 18.2 Å². The largest absolute Gasteiger partial charge is 0.490 e. The van der Waals surface area contributed by atoms with Gasteiger partial charge in [0.25, 0.3) is 5.91 Å². The summed E-state index contributed by atoms with van der Waals surface area (Å²) in [4.78, 5) is 28.0. The van der Waals surface area contributed by atoms with E-state index in [-0.39, 0.29) is 6.10 Å². The van der Waals surface area contributed by atoms with Crippen LogP contribution in [0, 0.1) is 6.92 Å². The number of nitrogens with two attached hydrogens (primary N) is 2. The molecule has 1 aromatic rings. The van der Waals surface area contributed by atoms with E-state index in [1.807, 2.05) is 13.0 Å². The van der Waals surface area contributed by atoms with Crippen molar-refractivity contribution in [3.63, 3.8) is 0 Å². The first-order valence-electron chi connectivity index (χ1n) is 8.32. The summed E-state index contributed by atoms with van der Waals surface area (Å²) in [6.45, 7) is 3.72. The number of carbonyl (C=O) groups excluding carboxylic acids is 2. The lowest BCUT2D eigenvalue weighted by molar-refractivity contribution is -0.130. The summed E-state index contributed by atoms with van der Waals surface area (Å²) in [5.74, 6) is -0.694. The number of benzene rings is 1. The van der Waals surface area contributed by atoms with E-state index in [9.17, 15) is 9.59 Å². The fraction of sp³-hybridized carbons (Fsp3) is 0.471. The molecule has 2 aliphatic rings. The Bertz CT molecular complexity index is 714. The normalized spacial score (nSPS) is 26.2. The summed E-state index contributed by atoms with van der Waals surface area (Å²) < 4.78 is 6.02. The maximum absolute atomic E-state index is 12.2. The minimum Gasteiger partial charge on any atom is -0.490 e. The van der Waals surface area contributed by atoms with Crippen LogP contribution in [0.1, 0.15) is 24.0 Å². The molecule has 1 saturated heterocycles. The van der Waals surface area contributed by atoms with Crippen molar-refractivity contribution < 1.29 is 14.3 Å². The van der Waals surface area contributed by atoms with Gasteiger partial charge in [0.1, 0.15) is 11.9 Å². The van der Waals surface area contributed by atoms with Gasteiger partial charge in [-0.2, -0.15) is 0 Å². The van der Waals surface area contributed by atoms with Gasteiger partial charge in [-0.3, -0.25) is 14.6 Å². The first-order valence-corrected chi connectivity index (χ1v) is 8.32. The Morgan fingerprint density at radius 3 is 2.60 bits per heavy atom. The number of piperidine rings is 1. The van der Waals surface area contributed by atoms with E-state index in [4.69, 9.17) is 16.2 Å². The van der Waals surface area contributed by atoms with Crippen LogP contribution in [0.5, 0.6) is 5.75 Å². The molecule has 0 aliphatic carbocycles. The van der Waals surface area contributed by atoms with E-state index in [0.717, 1.165) is 37.2 Å². The number of nitrogens with zero attached hydrogens (tertiary/aromatic N) is 1. The topological polar surface area (TPSA) is 132 Å². The maximum atomic E-state index is 12.2. The van der Waals surface area contributed by atoms with Crippen LogP contribution >= 0.6 is 0 Å². The number of aliphatic imine (C=N–C) groups is 1. The third kappa shape index (κ3) is 3.05. The lowest BCUT2D eigenvalue weighted by Crippen LogP contribution is -2.59. The first-order chi connectivity index (χ1) is 11.9. The van der Waals surface area contributed by atoms with Crippen molar-refractivity contribution in [1.29, 1.82) is 0 Å². The smallest absolute Gasteiger partial charge is 0.250 e. The molecule has 3 rings (SSSR count). The Hall–Kier alpha value is -2.61. The van der Waals surface area contributed by atoms with E-state index < -0.39 is 23.4 Å². The van der Waals surface area contributed by atoms with Gasteiger partial charge >= 0.3 is 0 Å². The molecule has 8 nitrogen and oxygen atoms in total. The second-order valence-electron chi connectivity index (χ2n) is 6.44. The van der Waals surface area contributed by atoms with E-state index >= 15 is 0 Å². The number of primary amides is 2. The third-order valence-corrected chi connectivity index (χ3v) is 4.80. The first kappa shape index (κ1) is 17.2. The average Bonchev–Trinajstić information content (AvgIpc) is 3.02. The second kappa shape index (κ2) is 6.72. The van der Waals surface area contributed by atoms with E-state index in [1.165, 1.54) is 6.34 Å². The van der Waals surface area contributed by atoms with Crippen LogP contribution in [0.2, 0.25) is 0 Å². The van der Waals surface area contributed by atoms with Gasteiger partial charge in [0.05, 0.1) is 6.34 Å². The van der Waals surface area contributed by atoms with Crippen LogP contribution in [-0.4, -0.2) is 43.4 Å². The minimum atomic E-state index is -1.47. The van der Waals surface area contributed by atoms with Crippen molar-refractivity contribution in [1.82, 2.24) is 10.6 Å². The van der Waals surface area contributed by atoms with E-state index in [1.54, 1.807) is 12.1 Å².